The molecule has 0 spiro atoms. The minimum absolute atomic E-state index is 0.0123. The Hall–Kier alpha value is -5.58. The highest BCUT2D eigenvalue weighted by Crippen LogP contribution is 2.55. The number of benzene rings is 4. The van der Waals surface area contributed by atoms with Gasteiger partial charge < -0.3 is 45.2 Å². The molecule has 11 heteroatoms. The van der Waals surface area contributed by atoms with Crippen LogP contribution in [-0.4, -0.2) is 47.3 Å². The number of fused-ring (bicyclic) bond motifs is 2. The number of phenols is 7. The van der Waals surface area contributed by atoms with Gasteiger partial charge in [0.15, 0.2) is 23.1 Å². The molecule has 2 aliphatic rings. The van der Waals surface area contributed by atoms with E-state index in [2.05, 4.69) is 0 Å². The molecule has 208 valence electrons. The van der Waals surface area contributed by atoms with Gasteiger partial charge in [-0.15, -0.1) is 0 Å². The van der Waals surface area contributed by atoms with Gasteiger partial charge in [0.2, 0.25) is 0 Å². The Bertz CT molecular complexity index is 1740. The standard InChI is InChI=1S/C30H22O11/c31-14-4-1-12(2-5-14)22-11-21(38)24-19(36)10-20(37)26(30(24)40-22)27-28(39)25-18(35)8-15(32)9-23(25)41-29(27)13-3-6-16(33)17(34)7-13/h1-10,22,27,29,31-37H,11H2/t22-,27-,29-/m0/s1. The molecule has 0 amide bonds. The lowest BCUT2D eigenvalue weighted by Gasteiger charge is -2.36. The van der Waals surface area contributed by atoms with E-state index in [1.807, 2.05) is 0 Å². The normalized spacial score (nSPS) is 19.6. The van der Waals surface area contributed by atoms with E-state index in [-0.39, 0.29) is 45.9 Å². The van der Waals surface area contributed by atoms with Crippen molar-refractivity contribution in [3.8, 4) is 51.7 Å². The number of hydrogen-bond donors (Lipinski definition) is 7. The van der Waals surface area contributed by atoms with Crippen LogP contribution in [0.3, 0.4) is 0 Å². The monoisotopic (exact) mass is 558 g/mol. The van der Waals surface area contributed by atoms with E-state index in [0.717, 1.165) is 30.3 Å². The van der Waals surface area contributed by atoms with Crippen molar-refractivity contribution in [3.63, 3.8) is 0 Å². The van der Waals surface area contributed by atoms with Gasteiger partial charge in [-0.2, -0.15) is 0 Å². The average molecular weight is 558 g/mol. The zero-order valence-corrected chi connectivity index (χ0v) is 21.0. The molecular weight excluding hydrogens is 536 g/mol. The van der Waals surface area contributed by atoms with Gasteiger partial charge in [-0.3, -0.25) is 9.59 Å². The molecule has 7 N–H and O–H groups in total. The maximum absolute atomic E-state index is 14.1. The molecule has 3 atom stereocenters. The molecule has 0 aliphatic carbocycles. The molecule has 11 nitrogen and oxygen atoms in total. The van der Waals surface area contributed by atoms with Crippen molar-refractivity contribution < 1.29 is 54.8 Å². The van der Waals surface area contributed by atoms with Gasteiger partial charge in [0, 0.05) is 18.2 Å². The van der Waals surface area contributed by atoms with Crippen LogP contribution in [0.2, 0.25) is 0 Å². The van der Waals surface area contributed by atoms with Gasteiger partial charge in [-0.1, -0.05) is 18.2 Å². The van der Waals surface area contributed by atoms with Crippen LogP contribution in [0.1, 0.15) is 62.0 Å². The summed E-state index contributed by atoms with van der Waals surface area (Å²) < 4.78 is 12.2. The summed E-state index contributed by atoms with van der Waals surface area (Å²) >= 11 is 0. The lowest BCUT2D eigenvalue weighted by atomic mass is 9.78. The van der Waals surface area contributed by atoms with Crippen molar-refractivity contribution in [2.24, 2.45) is 0 Å². The Morgan fingerprint density at radius 2 is 1.29 bits per heavy atom. The van der Waals surface area contributed by atoms with Crippen molar-refractivity contribution in [2.75, 3.05) is 0 Å². The Labute approximate surface area is 231 Å². The Kier molecular flexibility index (Phi) is 5.80. The van der Waals surface area contributed by atoms with Crippen LogP contribution >= 0.6 is 0 Å². The lowest BCUT2D eigenvalue weighted by Crippen LogP contribution is -2.32. The van der Waals surface area contributed by atoms with E-state index in [0.29, 0.717) is 5.56 Å². The van der Waals surface area contributed by atoms with Gasteiger partial charge >= 0.3 is 0 Å². The second kappa shape index (κ2) is 9.26. The molecular formula is C30H22O11. The van der Waals surface area contributed by atoms with Crippen LogP contribution in [0, 0.1) is 0 Å². The fourth-order valence-corrected chi connectivity index (χ4v) is 5.35. The van der Waals surface area contributed by atoms with E-state index in [1.165, 1.54) is 30.3 Å². The number of ether oxygens (including phenoxy) is 2. The van der Waals surface area contributed by atoms with Crippen molar-refractivity contribution in [2.45, 2.75) is 24.5 Å². The predicted octanol–water partition coefficient (Wildman–Crippen LogP) is 4.43. The largest absolute Gasteiger partial charge is 0.508 e. The Morgan fingerprint density at radius 3 is 2.00 bits per heavy atom. The number of Topliss-reactive ketones (excluding diaryl/α,β-unsaturated/α-hetero) is 2. The topological polar surface area (TPSA) is 194 Å². The van der Waals surface area contributed by atoms with E-state index < -0.39 is 64.2 Å². The SMILES string of the molecule is O=C1C[C@@H](c2ccc(O)cc2)Oc2c1c(O)cc(O)c2[C@H]1C(=O)c2c(O)cc(O)cc2O[C@H]1c1ccc(O)c(O)c1. The van der Waals surface area contributed by atoms with Crippen LogP contribution in [0.25, 0.3) is 0 Å². The summed E-state index contributed by atoms with van der Waals surface area (Å²) in [6, 6.07) is 12.5. The molecule has 0 aromatic heterocycles. The lowest BCUT2D eigenvalue weighted by molar-refractivity contribution is 0.0738. The van der Waals surface area contributed by atoms with Gasteiger partial charge in [0.05, 0.1) is 17.9 Å². The second-order valence-electron chi connectivity index (χ2n) is 9.82. The number of hydrogen-bond acceptors (Lipinski definition) is 11. The zero-order chi connectivity index (χ0) is 29.2. The molecule has 6 rings (SSSR count). The van der Waals surface area contributed by atoms with Crippen molar-refractivity contribution >= 4 is 11.6 Å². The van der Waals surface area contributed by atoms with Gasteiger partial charge in [0.1, 0.15) is 63.6 Å². The quantitative estimate of drug-likeness (QED) is 0.176. The number of aromatic hydroxyl groups is 7. The summed E-state index contributed by atoms with van der Waals surface area (Å²) in [7, 11) is 0. The molecule has 4 aromatic rings. The minimum Gasteiger partial charge on any atom is -0.508 e. The zero-order valence-electron chi connectivity index (χ0n) is 21.0. The summed E-state index contributed by atoms with van der Waals surface area (Å²) in [5.74, 6) is -6.49. The summed E-state index contributed by atoms with van der Waals surface area (Å²) in [5.41, 5.74) is -0.152. The molecule has 0 bridgehead atoms. The van der Waals surface area contributed by atoms with Crippen LogP contribution in [0.4, 0.5) is 0 Å². The van der Waals surface area contributed by atoms with Crippen molar-refractivity contribution in [3.05, 3.63) is 88.5 Å². The summed E-state index contributed by atoms with van der Waals surface area (Å²) in [6.07, 6.45) is -2.44. The fraction of sp³-hybridized carbons (Fsp3) is 0.133. The molecule has 4 aromatic carbocycles. The molecule has 2 heterocycles. The molecule has 2 aliphatic heterocycles. The van der Waals surface area contributed by atoms with E-state index in [4.69, 9.17) is 9.47 Å². The van der Waals surface area contributed by atoms with Crippen LogP contribution < -0.4 is 9.47 Å². The van der Waals surface area contributed by atoms with Crippen LogP contribution in [0.5, 0.6) is 51.7 Å². The first-order chi connectivity index (χ1) is 19.5. The Morgan fingerprint density at radius 1 is 0.610 bits per heavy atom. The van der Waals surface area contributed by atoms with Gasteiger partial charge in [-0.25, -0.2) is 0 Å². The third-order valence-corrected chi connectivity index (χ3v) is 7.24. The summed E-state index contributed by atoms with van der Waals surface area (Å²) in [4.78, 5) is 27.4. The molecule has 0 saturated heterocycles. The summed E-state index contributed by atoms with van der Waals surface area (Å²) in [6.45, 7) is 0. The smallest absolute Gasteiger partial charge is 0.182 e. The third kappa shape index (κ3) is 4.15. The number of carbonyl (C=O) groups is 2. The van der Waals surface area contributed by atoms with Gasteiger partial charge in [-0.05, 0) is 35.4 Å². The minimum atomic E-state index is -1.51. The van der Waals surface area contributed by atoms with Crippen molar-refractivity contribution in [1.29, 1.82) is 0 Å². The second-order valence-corrected chi connectivity index (χ2v) is 9.82. The van der Waals surface area contributed by atoms with Gasteiger partial charge in [0.25, 0.3) is 0 Å². The number of ketones is 2. The third-order valence-electron chi connectivity index (χ3n) is 7.24. The van der Waals surface area contributed by atoms with Crippen LogP contribution in [-0.2, 0) is 0 Å². The first-order valence-corrected chi connectivity index (χ1v) is 12.4. The maximum Gasteiger partial charge on any atom is 0.182 e. The molecule has 0 unspecified atom stereocenters. The first-order valence-electron chi connectivity index (χ1n) is 12.4. The number of phenolic OH excluding ortho intramolecular Hbond substituents is 7. The fourth-order valence-electron chi connectivity index (χ4n) is 5.35. The first kappa shape index (κ1) is 25.7. The average Bonchev–Trinajstić information content (AvgIpc) is 2.90. The highest BCUT2D eigenvalue weighted by atomic mass is 16.5. The van der Waals surface area contributed by atoms with E-state index in [9.17, 15) is 45.3 Å². The predicted molar refractivity (Wildman–Crippen MR) is 140 cm³/mol. The van der Waals surface area contributed by atoms with Crippen molar-refractivity contribution in [1.82, 2.24) is 0 Å². The molecule has 0 fully saturated rings. The highest BCUT2D eigenvalue weighted by molar-refractivity contribution is 6.09. The summed E-state index contributed by atoms with van der Waals surface area (Å²) in [5, 5.41) is 72.1. The molecule has 0 radical (unpaired) electrons. The van der Waals surface area contributed by atoms with E-state index >= 15 is 0 Å². The van der Waals surface area contributed by atoms with E-state index in [1.54, 1.807) is 0 Å². The maximum atomic E-state index is 14.1. The van der Waals surface area contributed by atoms with Crippen LogP contribution in [0.15, 0.2) is 60.7 Å². The molecule has 0 saturated carbocycles. The highest BCUT2D eigenvalue weighted by Gasteiger charge is 2.46. The number of rotatable bonds is 3. The molecule has 41 heavy (non-hydrogen) atoms. The Balaban J connectivity index is 1.58. The number of carbonyl (C=O) groups excluding carboxylic acids is 2.